The molecule has 1 aliphatic carbocycles. The van der Waals surface area contributed by atoms with Crippen LogP contribution in [0.1, 0.15) is 33.1 Å². The third-order valence-electron chi connectivity index (χ3n) is 3.63. The van der Waals surface area contributed by atoms with Gasteiger partial charge in [0, 0.05) is 10.8 Å². The van der Waals surface area contributed by atoms with Crippen LogP contribution in [-0.2, 0) is 15.6 Å². The van der Waals surface area contributed by atoms with Crippen LogP contribution in [0.3, 0.4) is 0 Å². The summed E-state index contributed by atoms with van der Waals surface area (Å²) in [5.41, 5.74) is 0. The normalized spacial score (nSPS) is 31.2. The Hall–Kier alpha value is -0.960. The van der Waals surface area contributed by atoms with Gasteiger partial charge in [0.2, 0.25) is 0 Å². The third-order valence-corrected chi connectivity index (χ3v) is 5.55. The van der Waals surface area contributed by atoms with Crippen LogP contribution in [0.15, 0.2) is 35.2 Å². The fourth-order valence-electron chi connectivity index (χ4n) is 2.51. The zero-order chi connectivity index (χ0) is 12.5. The molecular weight excluding hydrogens is 232 g/mol. The van der Waals surface area contributed by atoms with E-state index < -0.39 is 15.5 Å². The van der Waals surface area contributed by atoms with Gasteiger partial charge in [0.25, 0.3) is 0 Å². The van der Waals surface area contributed by atoms with Crippen molar-refractivity contribution in [1.82, 2.24) is 0 Å². The largest absolute Gasteiger partial charge is 0.298 e. The van der Waals surface area contributed by atoms with Gasteiger partial charge in [-0.25, -0.2) is 0 Å². The average Bonchev–Trinajstić information content (AvgIpc) is 2.36. The summed E-state index contributed by atoms with van der Waals surface area (Å²) in [7, 11) is -1.24. The third kappa shape index (κ3) is 2.21. The summed E-state index contributed by atoms with van der Waals surface area (Å²) in [6, 6.07) is 9.32. The highest BCUT2D eigenvalue weighted by Crippen LogP contribution is 2.35. The molecule has 0 radical (unpaired) electrons. The lowest BCUT2D eigenvalue weighted by atomic mass is 9.81. The van der Waals surface area contributed by atoms with Crippen molar-refractivity contribution in [2.24, 2.45) is 5.92 Å². The zero-order valence-electron chi connectivity index (χ0n) is 10.3. The predicted molar refractivity (Wildman–Crippen MR) is 69.3 cm³/mol. The highest BCUT2D eigenvalue weighted by atomic mass is 32.2. The minimum absolute atomic E-state index is 0.0430. The number of carbonyl (C=O) groups excluding carboxylic acids is 1. The molecule has 1 aromatic carbocycles. The SMILES string of the molecule is CC1CCCC(C)(S(=O)c2ccccc2)C1=O. The standard InChI is InChI=1S/C14H18O2S/c1-11-7-6-10-14(2,13(11)15)17(16)12-8-4-3-5-9-12/h3-5,8-9,11H,6-7,10H2,1-2H3. The topological polar surface area (TPSA) is 34.1 Å². The molecule has 1 fully saturated rings. The zero-order valence-corrected chi connectivity index (χ0v) is 11.1. The number of ketones is 1. The van der Waals surface area contributed by atoms with Gasteiger partial charge >= 0.3 is 0 Å². The van der Waals surface area contributed by atoms with Crippen molar-refractivity contribution in [3.05, 3.63) is 30.3 Å². The van der Waals surface area contributed by atoms with Crippen molar-refractivity contribution in [3.8, 4) is 0 Å². The highest BCUT2D eigenvalue weighted by Gasteiger charge is 2.44. The van der Waals surface area contributed by atoms with Crippen LogP contribution in [0.2, 0.25) is 0 Å². The Balaban J connectivity index is 2.32. The lowest BCUT2D eigenvalue weighted by molar-refractivity contribution is -0.126. The molecule has 0 aliphatic heterocycles. The molecule has 1 saturated carbocycles. The molecule has 17 heavy (non-hydrogen) atoms. The number of carbonyl (C=O) groups is 1. The molecule has 0 saturated heterocycles. The highest BCUT2D eigenvalue weighted by molar-refractivity contribution is 7.87. The van der Waals surface area contributed by atoms with Gasteiger partial charge in [-0.3, -0.25) is 9.00 Å². The summed E-state index contributed by atoms with van der Waals surface area (Å²) in [6.45, 7) is 3.80. The summed E-state index contributed by atoms with van der Waals surface area (Å²) >= 11 is 0. The second-order valence-electron chi connectivity index (χ2n) is 4.97. The van der Waals surface area contributed by atoms with E-state index in [9.17, 15) is 9.00 Å². The number of rotatable bonds is 2. The van der Waals surface area contributed by atoms with E-state index in [4.69, 9.17) is 0 Å². The molecular formula is C14H18O2S. The number of benzene rings is 1. The van der Waals surface area contributed by atoms with Crippen LogP contribution in [-0.4, -0.2) is 14.7 Å². The summed E-state index contributed by atoms with van der Waals surface area (Å²) < 4.78 is 11.9. The van der Waals surface area contributed by atoms with Gasteiger partial charge in [0.1, 0.15) is 4.75 Å². The molecule has 3 unspecified atom stereocenters. The van der Waals surface area contributed by atoms with Crippen molar-refractivity contribution in [1.29, 1.82) is 0 Å². The van der Waals surface area contributed by atoms with Gasteiger partial charge in [-0.1, -0.05) is 31.5 Å². The maximum atomic E-state index is 12.6. The van der Waals surface area contributed by atoms with Crippen molar-refractivity contribution < 1.29 is 9.00 Å². The van der Waals surface area contributed by atoms with Crippen molar-refractivity contribution >= 4 is 16.6 Å². The van der Waals surface area contributed by atoms with E-state index >= 15 is 0 Å². The van der Waals surface area contributed by atoms with Gasteiger partial charge in [-0.05, 0) is 31.9 Å². The molecule has 2 rings (SSSR count). The first-order valence-electron chi connectivity index (χ1n) is 6.07. The predicted octanol–water partition coefficient (Wildman–Crippen LogP) is 2.94. The van der Waals surface area contributed by atoms with Gasteiger partial charge in [0.05, 0.1) is 10.8 Å². The number of hydrogen-bond acceptors (Lipinski definition) is 2. The fraction of sp³-hybridized carbons (Fsp3) is 0.500. The molecule has 0 aromatic heterocycles. The maximum Gasteiger partial charge on any atom is 0.154 e. The Morgan fingerprint density at radius 2 is 1.94 bits per heavy atom. The van der Waals surface area contributed by atoms with E-state index in [1.54, 1.807) is 0 Å². The number of hydrogen-bond donors (Lipinski definition) is 0. The summed E-state index contributed by atoms with van der Waals surface area (Å²) in [6.07, 6.45) is 2.65. The molecule has 2 nitrogen and oxygen atoms in total. The molecule has 0 N–H and O–H groups in total. The van der Waals surface area contributed by atoms with Gasteiger partial charge < -0.3 is 0 Å². The Labute approximate surface area is 105 Å². The Morgan fingerprint density at radius 3 is 2.59 bits per heavy atom. The Kier molecular flexibility index (Phi) is 3.48. The van der Waals surface area contributed by atoms with E-state index in [1.165, 1.54) is 0 Å². The van der Waals surface area contributed by atoms with E-state index in [0.717, 1.165) is 24.2 Å². The minimum atomic E-state index is -1.24. The maximum absolute atomic E-state index is 12.6. The smallest absolute Gasteiger partial charge is 0.154 e. The quantitative estimate of drug-likeness (QED) is 0.808. The van der Waals surface area contributed by atoms with Crippen LogP contribution >= 0.6 is 0 Å². The molecule has 3 heteroatoms. The first kappa shape index (κ1) is 12.5. The van der Waals surface area contributed by atoms with Crippen LogP contribution < -0.4 is 0 Å². The second kappa shape index (κ2) is 4.73. The van der Waals surface area contributed by atoms with Crippen LogP contribution in [0.25, 0.3) is 0 Å². The lowest BCUT2D eigenvalue weighted by Gasteiger charge is -2.34. The average molecular weight is 250 g/mol. The van der Waals surface area contributed by atoms with E-state index in [-0.39, 0.29) is 11.7 Å². The second-order valence-corrected chi connectivity index (χ2v) is 6.88. The van der Waals surface area contributed by atoms with E-state index in [1.807, 2.05) is 44.2 Å². The molecule has 1 aliphatic rings. The molecule has 3 atom stereocenters. The van der Waals surface area contributed by atoms with Crippen LogP contribution in [0.5, 0.6) is 0 Å². The minimum Gasteiger partial charge on any atom is -0.298 e. The van der Waals surface area contributed by atoms with Crippen LogP contribution in [0, 0.1) is 5.92 Å². The lowest BCUT2D eigenvalue weighted by Crippen LogP contribution is -2.46. The number of Topliss-reactive ketones (excluding diaryl/α,β-unsaturated/α-hetero) is 1. The van der Waals surface area contributed by atoms with Crippen LogP contribution in [0.4, 0.5) is 0 Å². The van der Waals surface area contributed by atoms with Crippen molar-refractivity contribution in [2.45, 2.75) is 42.8 Å². The van der Waals surface area contributed by atoms with Gasteiger partial charge in [0.15, 0.2) is 5.78 Å². The van der Waals surface area contributed by atoms with Crippen molar-refractivity contribution in [2.75, 3.05) is 0 Å². The molecule has 1 aromatic rings. The summed E-state index contributed by atoms with van der Waals surface area (Å²) in [5, 5.41) is 0. The first-order chi connectivity index (χ1) is 8.05. The molecule has 0 heterocycles. The molecule has 0 spiro atoms. The molecule has 92 valence electrons. The van der Waals surface area contributed by atoms with Gasteiger partial charge in [-0.2, -0.15) is 0 Å². The summed E-state index contributed by atoms with van der Waals surface area (Å²) in [4.78, 5) is 13.0. The Morgan fingerprint density at radius 1 is 1.29 bits per heavy atom. The van der Waals surface area contributed by atoms with Crippen molar-refractivity contribution in [3.63, 3.8) is 0 Å². The molecule has 0 amide bonds. The summed E-state index contributed by atoms with van der Waals surface area (Å²) in [5.74, 6) is 0.201. The van der Waals surface area contributed by atoms with Gasteiger partial charge in [-0.15, -0.1) is 0 Å². The van der Waals surface area contributed by atoms with E-state index in [0.29, 0.717) is 0 Å². The Bertz CT molecular complexity index is 441. The van der Waals surface area contributed by atoms with E-state index in [2.05, 4.69) is 0 Å². The first-order valence-corrected chi connectivity index (χ1v) is 7.22. The molecule has 0 bridgehead atoms. The fourth-order valence-corrected chi connectivity index (χ4v) is 4.15. The monoisotopic (exact) mass is 250 g/mol.